The molecule has 2 atom stereocenters. The fraction of sp³-hybridized carbons (Fsp3) is 0.400. The number of rotatable bonds is 5. The van der Waals surface area contributed by atoms with Crippen LogP contribution in [0.4, 0.5) is 0 Å². The number of ketones is 1. The lowest BCUT2D eigenvalue weighted by atomic mass is 9.81. The zero-order valence-corrected chi connectivity index (χ0v) is 11.6. The van der Waals surface area contributed by atoms with Crippen molar-refractivity contribution in [3.05, 3.63) is 47.8 Å². The molecule has 0 bridgehead atoms. The Kier molecular flexibility index (Phi) is 4.10. The van der Waals surface area contributed by atoms with Gasteiger partial charge in [-0.1, -0.05) is 55.8 Å². The first kappa shape index (κ1) is 13.5. The van der Waals surface area contributed by atoms with Crippen LogP contribution in [0.25, 0.3) is 0 Å². The van der Waals surface area contributed by atoms with Gasteiger partial charge in [-0.25, -0.2) is 4.68 Å². The molecule has 19 heavy (non-hydrogen) atoms. The van der Waals surface area contributed by atoms with Gasteiger partial charge in [0.2, 0.25) is 0 Å². The number of carbonyl (C=O) groups is 1. The third-order valence-electron chi connectivity index (χ3n) is 3.62. The summed E-state index contributed by atoms with van der Waals surface area (Å²) in [5, 5.41) is 7.64. The molecule has 0 aliphatic rings. The van der Waals surface area contributed by atoms with Crippen LogP contribution in [-0.4, -0.2) is 20.8 Å². The predicted octanol–water partition coefficient (Wildman–Crippen LogP) is 2.83. The summed E-state index contributed by atoms with van der Waals surface area (Å²) in [4.78, 5) is 12.7. The van der Waals surface area contributed by atoms with Crippen LogP contribution in [0.1, 0.15) is 42.2 Å². The van der Waals surface area contributed by atoms with E-state index in [4.69, 9.17) is 0 Å². The number of carbonyl (C=O) groups excluding carboxylic acids is 1. The lowest BCUT2D eigenvalue weighted by Gasteiger charge is -2.22. The maximum Gasteiger partial charge on any atom is 0.190 e. The number of hydrogen-bond donors (Lipinski definition) is 0. The van der Waals surface area contributed by atoms with E-state index in [1.165, 1.54) is 0 Å². The van der Waals surface area contributed by atoms with Gasteiger partial charge in [0.05, 0.1) is 12.1 Å². The fourth-order valence-electron chi connectivity index (χ4n) is 2.31. The third kappa shape index (κ3) is 2.72. The van der Waals surface area contributed by atoms with Gasteiger partial charge in [0.25, 0.3) is 0 Å². The fourth-order valence-corrected chi connectivity index (χ4v) is 2.31. The summed E-state index contributed by atoms with van der Waals surface area (Å²) in [6.07, 6.45) is 2.50. The maximum absolute atomic E-state index is 12.7. The van der Waals surface area contributed by atoms with Crippen LogP contribution >= 0.6 is 0 Å². The molecule has 2 aromatic rings. The molecule has 4 heteroatoms. The van der Waals surface area contributed by atoms with Crippen molar-refractivity contribution >= 4 is 5.78 Å². The summed E-state index contributed by atoms with van der Waals surface area (Å²) in [6, 6.07) is 9.93. The van der Waals surface area contributed by atoms with Crippen LogP contribution in [0.2, 0.25) is 0 Å². The predicted molar refractivity (Wildman–Crippen MR) is 74.0 cm³/mol. The van der Waals surface area contributed by atoms with Crippen molar-refractivity contribution in [2.24, 2.45) is 13.0 Å². The largest absolute Gasteiger partial charge is 0.292 e. The van der Waals surface area contributed by atoms with Crippen molar-refractivity contribution in [2.45, 2.75) is 26.2 Å². The van der Waals surface area contributed by atoms with E-state index in [2.05, 4.69) is 24.2 Å². The molecule has 0 saturated carbocycles. The molecule has 0 amide bonds. The van der Waals surface area contributed by atoms with Crippen molar-refractivity contribution in [3.8, 4) is 0 Å². The van der Waals surface area contributed by atoms with E-state index >= 15 is 0 Å². The Bertz CT molecular complexity index is 548. The van der Waals surface area contributed by atoms with Gasteiger partial charge in [0.15, 0.2) is 5.78 Å². The topological polar surface area (TPSA) is 47.8 Å². The second kappa shape index (κ2) is 5.78. The van der Waals surface area contributed by atoms with Crippen molar-refractivity contribution in [2.75, 3.05) is 0 Å². The maximum atomic E-state index is 12.7. The Balaban J connectivity index is 2.39. The van der Waals surface area contributed by atoms with E-state index < -0.39 is 0 Å². The van der Waals surface area contributed by atoms with Crippen molar-refractivity contribution in [1.82, 2.24) is 15.0 Å². The van der Waals surface area contributed by atoms with Gasteiger partial charge in [0, 0.05) is 7.05 Å². The average molecular weight is 257 g/mol. The minimum Gasteiger partial charge on any atom is -0.292 e. The van der Waals surface area contributed by atoms with Gasteiger partial charge < -0.3 is 0 Å². The van der Waals surface area contributed by atoms with Gasteiger partial charge in [-0.3, -0.25) is 4.79 Å². The molecule has 0 N–H and O–H groups in total. The van der Waals surface area contributed by atoms with Crippen LogP contribution in [0.15, 0.2) is 36.5 Å². The quantitative estimate of drug-likeness (QED) is 0.774. The van der Waals surface area contributed by atoms with E-state index in [-0.39, 0.29) is 17.6 Å². The Morgan fingerprint density at radius 2 is 2.00 bits per heavy atom. The van der Waals surface area contributed by atoms with E-state index in [0.717, 1.165) is 12.0 Å². The second-order valence-corrected chi connectivity index (χ2v) is 4.88. The van der Waals surface area contributed by atoms with Crippen molar-refractivity contribution < 1.29 is 4.79 Å². The number of nitrogens with zero attached hydrogens (tertiary/aromatic N) is 3. The third-order valence-corrected chi connectivity index (χ3v) is 3.62. The SMILES string of the molecule is CCC(C)C(C(=O)c1cnnn1C)c1ccccc1. The smallest absolute Gasteiger partial charge is 0.190 e. The van der Waals surface area contributed by atoms with Gasteiger partial charge in [-0.05, 0) is 11.5 Å². The normalized spacial score (nSPS) is 14.1. The first-order chi connectivity index (χ1) is 9.15. The Hall–Kier alpha value is -1.97. The molecule has 2 rings (SSSR count). The second-order valence-electron chi connectivity index (χ2n) is 4.88. The minimum atomic E-state index is -0.136. The summed E-state index contributed by atoms with van der Waals surface area (Å²) in [7, 11) is 1.75. The Labute approximate surface area is 113 Å². The average Bonchev–Trinajstić information content (AvgIpc) is 2.86. The molecule has 0 radical (unpaired) electrons. The summed E-state index contributed by atoms with van der Waals surface area (Å²) in [5.41, 5.74) is 1.62. The van der Waals surface area contributed by atoms with Crippen molar-refractivity contribution in [1.29, 1.82) is 0 Å². The van der Waals surface area contributed by atoms with E-state index in [1.54, 1.807) is 17.9 Å². The molecular formula is C15H19N3O. The molecule has 1 aromatic carbocycles. The van der Waals surface area contributed by atoms with Crippen LogP contribution in [-0.2, 0) is 7.05 Å². The molecule has 0 spiro atoms. The zero-order valence-electron chi connectivity index (χ0n) is 11.6. The summed E-state index contributed by atoms with van der Waals surface area (Å²) >= 11 is 0. The Morgan fingerprint density at radius 3 is 2.53 bits per heavy atom. The van der Waals surface area contributed by atoms with E-state index in [1.807, 2.05) is 30.3 Å². The molecule has 100 valence electrons. The highest BCUT2D eigenvalue weighted by Gasteiger charge is 2.28. The van der Waals surface area contributed by atoms with Crippen LogP contribution < -0.4 is 0 Å². The van der Waals surface area contributed by atoms with Crippen LogP contribution in [0.5, 0.6) is 0 Å². The van der Waals surface area contributed by atoms with Gasteiger partial charge in [-0.2, -0.15) is 0 Å². The summed E-state index contributed by atoms with van der Waals surface area (Å²) in [6.45, 7) is 4.22. The van der Waals surface area contributed by atoms with E-state index in [0.29, 0.717) is 5.69 Å². The highest BCUT2D eigenvalue weighted by molar-refractivity contribution is 5.99. The van der Waals surface area contributed by atoms with Gasteiger partial charge in [-0.15, -0.1) is 5.10 Å². The first-order valence-electron chi connectivity index (χ1n) is 6.59. The highest BCUT2D eigenvalue weighted by atomic mass is 16.1. The van der Waals surface area contributed by atoms with Crippen LogP contribution in [0, 0.1) is 5.92 Å². The summed E-state index contributed by atoms with van der Waals surface area (Å²) in [5.74, 6) is 0.237. The zero-order chi connectivity index (χ0) is 13.8. The molecular weight excluding hydrogens is 238 g/mol. The lowest BCUT2D eigenvalue weighted by Crippen LogP contribution is -2.22. The van der Waals surface area contributed by atoms with Crippen molar-refractivity contribution in [3.63, 3.8) is 0 Å². The molecule has 0 fully saturated rings. The first-order valence-corrected chi connectivity index (χ1v) is 6.59. The number of Topliss-reactive ketones (excluding diaryl/α,β-unsaturated/α-hetero) is 1. The van der Waals surface area contributed by atoms with E-state index in [9.17, 15) is 4.79 Å². The molecule has 2 unspecified atom stereocenters. The number of aryl methyl sites for hydroxylation is 1. The monoisotopic (exact) mass is 257 g/mol. The lowest BCUT2D eigenvalue weighted by molar-refractivity contribution is 0.0922. The molecule has 0 aliphatic heterocycles. The minimum absolute atomic E-state index is 0.0908. The number of benzene rings is 1. The molecule has 1 heterocycles. The Morgan fingerprint density at radius 1 is 1.32 bits per heavy atom. The molecule has 1 aromatic heterocycles. The van der Waals surface area contributed by atoms with Crippen LogP contribution in [0.3, 0.4) is 0 Å². The highest BCUT2D eigenvalue weighted by Crippen LogP contribution is 2.30. The molecule has 0 aliphatic carbocycles. The summed E-state index contributed by atoms with van der Waals surface area (Å²) < 4.78 is 1.54. The molecule has 0 saturated heterocycles. The number of hydrogen-bond acceptors (Lipinski definition) is 3. The number of aromatic nitrogens is 3. The molecule has 4 nitrogen and oxygen atoms in total. The van der Waals surface area contributed by atoms with Gasteiger partial charge in [0.1, 0.15) is 5.69 Å². The standard InChI is InChI=1S/C15H19N3O/c1-4-11(2)14(12-8-6-5-7-9-12)15(19)13-10-16-17-18(13)3/h5-11,14H,4H2,1-3H3. The van der Waals surface area contributed by atoms with Gasteiger partial charge >= 0.3 is 0 Å².